The molecule has 0 unspecified atom stereocenters. The molecule has 1 fully saturated rings. The number of fused-ring (bicyclic) bond motifs is 1. The molecule has 23 heavy (non-hydrogen) atoms. The molecule has 0 aliphatic carbocycles. The van der Waals surface area contributed by atoms with Crippen molar-refractivity contribution < 1.29 is 9.53 Å². The van der Waals surface area contributed by atoms with E-state index in [0.29, 0.717) is 12.4 Å². The number of anilines is 1. The van der Waals surface area contributed by atoms with Gasteiger partial charge in [-0.05, 0) is 44.0 Å². The van der Waals surface area contributed by atoms with Crippen molar-refractivity contribution in [2.45, 2.75) is 32.6 Å². The van der Waals surface area contributed by atoms with Gasteiger partial charge in [0.15, 0.2) is 5.82 Å². The Morgan fingerprint density at radius 1 is 1.48 bits per heavy atom. The minimum Gasteiger partial charge on any atom is -0.494 e. The Kier molecular flexibility index (Phi) is 5.12. The van der Waals surface area contributed by atoms with Crippen LogP contribution in [0, 0.1) is 5.92 Å². The molecule has 1 aromatic heterocycles. The molecular formula is C17H24N4O2. The van der Waals surface area contributed by atoms with E-state index in [4.69, 9.17) is 4.74 Å². The lowest BCUT2D eigenvalue weighted by Gasteiger charge is -2.21. The van der Waals surface area contributed by atoms with E-state index < -0.39 is 0 Å². The topological polar surface area (TPSA) is 79.0 Å². The predicted octanol–water partition coefficient (Wildman–Crippen LogP) is 2.68. The van der Waals surface area contributed by atoms with Crippen LogP contribution in [0.3, 0.4) is 0 Å². The maximum absolute atomic E-state index is 12.4. The van der Waals surface area contributed by atoms with Crippen LogP contribution in [0.25, 0.3) is 10.9 Å². The number of nitrogens with one attached hydrogen (secondary N) is 3. The standard InChI is InChI=1S/C17H24N4O2/c1-2-3-9-23-13-6-7-15-14(10-13)16(21-20-15)19-17(22)12-5-4-8-18-11-12/h6-7,10,12,18H,2-5,8-9,11H2,1H3,(H2,19,20,21,22)/t12-/m1/s1. The van der Waals surface area contributed by atoms with Crippen molar-refractivity contribution >= 4 is 22.6 Å². The zero-order valence-corrected chi connectivity index (χ0v) is 13.5. The maximum atomic E-state index is 12.4. The van der Waals surface area contributed by atoms with Crippen LogP contribution in [0.2, 0.25) is 0 Å². The average molecular weight is 316 g/mol. The Morgan fingerprint density at radius 3 is 3.17 bits per heavy atom. The number of rotatable bonds is 6. The van der Waals surface area contributed by atoms with Gasteiger partial charge in [0.05, 0.1) is 18.0 Å². The normalized spacial score (nSPS) is 18.0. The number of ether oxygens (including phenoxy) is 1. The van der Waals surface area contributed by atoms with Gasteiger partial charge in [-0.3, -0.25) is 9.89 Å². The highest BCUT2D eigenvalue weighted by molar-refractivity contribution is 6.00. The Morgan fingerprint density at radius 2 is 2.39 bits per heavy atom. The number of aromatic nitrogens is 2. The average Bonchev–Trinajstić information content (AvgIpc) is 2.98. The number of aromatic amines is 1. The molecule has 0 spiro atoms. The van der Waals surface area contributed by atoms with Gasteiger partial charge in [-0.2, -0.15) is 5.10 Å². The van der Waals surface area contributed by atoms with E-state index in [2.05, 4.69) is 27.8 Å². The first-order valence-electron chi connectivity index (χ1n) is 8.40. The van der Waals surface area contributed by atoms with Crippen LogP contribution in [0.4, 0.5) is 5.82 Å². The van der Waals surface area contributed by atoms with Gasteiger partial charge in [-0.25, -0.2) is 0 Å². The Labute approximate surface area is 136 Å². The largest absolute Gasteiger partial charge is 0.494 e. The van der Waals surface area contributed by atoms with Crippen molar-refractivity contribution in [3.05, 3.63) is 18.2 Å². The van der Waals surface area contributed by atoms with E-state index in [1.165, 1.54) is 0 Å². The van der Waals surface area contributed by atoms with Gasteiger partial charge >= 0.3 is 0 Å². The van der Waals surface area contributed by atoms with E-state index in [0.717, 1.165) is 55.4 Å². The smallest absolute Gasteiger partial charge is 0.229 e. The molecule has 1 amide bonds. The number of H-pyrrole nitrogens is 1. The second kappa shape index (κ2) is 7.46. The van der Waals surface area contributed by atoms with E-state index in [1.54, 1.807) is 0 Å². The summed E-state index contributed by atoms with van der Waals surface area (Å²) in [5.41, 5.74) is 0.893. The van der Waals surface area contributed by atoms with Crippen molar-refractivity contribution in [3.8, 4) is 5.75 Å². The fourth-order valence-corrected chi connectivity index (χ4v) is 2.81. The maximum Gasteiger partial charge on any atom is 0.229 e. The van der Waals surface area contributed by atoms with Gasteiger partial charge in [0.2, 0.25) is 5.91 Å². The minimum atomic E-state index is 0.0134. The van der Waals surface area contributed by atoms with Gasteiger partial charge in [0.25, 0.3) is 0 Å². The molecule has 1 aliphatic rings. The van der Waals surface area contributed by atoms with E-state index in [1.807, 2.05) is 18.2 Å². The zero-order chi connectivity index (χ0) is 16.1. The van der Waals surface area contributed by atoms with Crippen LogP contribution < -0.4 is 15.4 Å². The third-order valence-corrected chi connectivity index (χ3v) is 4.21. The summed E-state index contributed by atoms with van der Waals surface area (Å²) in [6.07, 6.45) is 4.09. The molecule has 1 atom stereocenters. The Bertz CT molecular complexity index is 662. The van der Waals surface area contributed by atoms with Crippen LogP contribution >= 0.6 is 0 Å². The Balaban J connectivity index is 1.72. The highest BCUT2D eigenvalue weighted by Crippen LogP contribution is 2.26. The molecular weight excluding hydrogens is 292 g/mol. The summed E-state index contributed by atoms with van der Waals surface area (Å²) < 4.78 is 5.74. The quantitative estimate of drug-likeness (QED) is 0.716. The van der Waals surface area contributed by atoms with Crippen LogP contribution in [0.5, 0.6) is 5.75 Å². The Hall–Kier alpha value is -2.08. The summed E-state index contributed by atoms with van der Waals surface area (Å²) in [7, 11) is 0. The van der Waals surface area contributed by atoms with Gasteiger partial charge in [-0.15, -0.1) is 0 Å². The van der Waals surface area contributed by atoms with E-state index in [-0.39, 0.29) is 11.8 Å². The van der Waals surface area contributed by atoms with Crippen molar-refractivity contribution in [1.29, 1.82) is 0 Å². The number of carbonyl (C=O) groups excluding carboxylic acids is 1. The predicted molar refractivity (Wildman–Crippen MR) is 90.7 cm³/mol. The number of hydrogen-bond donors (Lipinski definition) is 3. The number of benzene rings is 1. The monoisotopic (exact) mass is 316 g/mol. The first-order chi connectivity index (χ1) is 11.3. The molecule has 1 saturated heterocycles. The lowest BCUT2D eigenvalue weighted by Crippen LogP contribution is -2.37. The summed E-state index contributed by atoms with van der Waals surface area (Å²) in [5, 5.41) is 14.3. The van der Waals surface area contributed by atoms with Crippen LogP contribution in [0.1, 0.15) is 32.6 Å². The summed E-state index contributed by atoms with van der Waals surface area (Å²) in [6, 6.07) is 5.79. The lowest BCUT2D eigenvalue weighted by molar-refractivity contribution is -0.120. The molecule has 6 heteroatoms. The van der Waals surface area contributed by atoms with Crippen LogP contribution in [0.15, 0.2) is 18.2 Å². The lowest BCUT2D eigenvalue weighted by atomic mass is 9.99. The van der Waals surface area contributed by atoms with Gasteiger partial charge in [-0.1, -0.05) is 13.3 Å². The summed E-state index contributed by atoms with van der Waals surface area (Å²) in [4.78, 5) is 12.4. The zero-order valence-electron chi connectivity index (χ0n) is 13.5. The van der Waals surface area contributed by atoms with E-state index >= 15 is 0 Å². The molecule has 3 rings (SSSR count). The number of hydrogen-bond acceptors (Lipinski definition) is 4. The fraction of sp³-hybridized carbons (Fsp3) is 0.529. The minimum absolute atomic E-state index is 0.0134. The SMILES string of the molecule is CCCCOc1ccc2[nH]nc(NC(=O)[C@@H]3CCCNC3)c2c1. The molecule has 1 aromatic carbocycles. The highest BCUT2D eigenvalue weighted by atomic mass is 16.5. The van der Waals surface area contributed by atoms with Crippen molar-refractivity contribution in [3.63, 3.8) is 0 Å². The second-order valence-electron chi connectivity index (χ2n) is 6.01. The highest BCUT2D eigenvalue weighted by Gasteiger charge is 2.22. The third kappa shape index (κ3) is 3.82. The van der Waals surface area contributed by atoms with E-state index in [9.17, 15) is 4.79 Å². The molecule has 2 heterocycles. The number of carbonyl (C=O) groups is 1. The van der Waals surface area contributed by atoms with Crippen molar-refractivity contribution in [2.24, 2.45) is 5.92 Å². The third-order valence-electron chi connectivity index (χ3n) is 4.21. The van der Waals surface area contributed by atoms with Crippen molar-refractivity contribution in [1.82, 2.24) is 15.5 Å². The van der Waals surface area contributed by atoms with Crippen LogP contribution in [-0.4, -0.2) is 35.8 Å². The molecule has 2 aromatic rings. The molecule has 1 aliphatic heterocycles. The fourth-order valence-electron chi connectivity index (χ4n) is 2.81. The molecule has 6 nitrogen and oxygen atoms in total. The molecule has 3 N–H and O–H groups in total. The molecule has 0 saturated carbocycles. The molecule has 0 bridgehead atoms. The summed E-state index contributed by atoms with van der Waals surface area (Å²) >= 11 is 0. The number of piperidine rings is 1. The van der Waals surface area contributed by atoms with Crippen LogP contribution in [-0.2, 0) is 4.79 Å². The first kappa shape index (κ1) is 15.8. The molecule has 0 radical (unpaired) electrons. The summed E-state index contributed by atoms with van der Waals surface area (Å²) in [5.74, 6) is 1.43. The van der Waals surface area contributed by atoms with Gasteiger partial charge < -0.3 is 15.4 Å². The number of amides is 1. The first-order valence-corrected chi connectivity index (χ1v) is 8.40. The molecule has 124 valence electrons. The van der Waals surface area contributed by atoms with Gasteiger partial charge in [0.1, 0.15) is 5.75 Å². The number of unbranched alkanes of at least 4 members (excludes halogenated alkanes) is 1. The summed E-state index contributed by atoms with van der Waals surface area (Å²) in [6.45, 7) is 4.57. The number of nitrogens with zero attached hydrogens (tertiary/aromatic N) is 1. The second-order valence-corrected chi connectivity index (χ2v) is 6.01. The van der Waals surface area contributed by atoms with Gasteiger partial charge in [0, 0.05) is 11.9 Å². The van der Waals surface area contributed by atoms with Crippen molar-refractivity contribution in [2.75, 3.05) is 25.0 Å².